The summed E-state index contributed by atoms with van der Waals surface area (Å²) < 4.78 is 2.13. The number of rotatable bonds is 6. The number of para-hydroxylation sites is 1. The Hall–Kier alpha value is -7.24. The minimum atomic E-state index is 0.710. The van der Waals surface area contributed by atoms with Gasteiger partial charge in [-0.05, 0) is 29.3 Å². The second kappa shape index (κ2) is 12.8. The van der Waals surface area contributed by atoms with Gasteiger partial charge in [-0.15, -0.1) is 0 Å². The lowest BCUT2D eigenvalue weighted by molar-refractivity contribution is 1.18. The Morgan fingerprint density at radius 1 is 0.358 bits per heavy atom. The van der Waals surface area contributed by atoms with E-state index in [0.29, 0.717) is 5.82 Å². The van der Waals surface area contributed by atoms with Gasteiger partial charge in [0.1, 0.15) is 5.65 Å². The molecule has 0 aliphatic rings. The van der Waals surface area contributed by atoms with Gasteiger partial charge >= 0.3 is 0 Å². The first-order chi connectivity index (χ1) is 26.2. The summed E-state index contributed by atoms with van der Waals surface area (Å²) in [5.41, 5.74) is 13.0. The summed E-state index contributed by atoms with van der Waals surface area (Å²) in [5, 5.41) is 3.27. The molecule has 10 rings (SSSR count). The molecule has 0 spiro atoms. The monoisotopic (exact) mass is 677 g/mol. The van der Waals surface area contributed by atoms with Crippen molar-refractivity contribution in [3.05, 3.63) is 188 Å². The normalized spacial score (nSPS) is 11.4. The molecule has 5 heteroatoms. The van der Waals surface area contributed by atoms with E-state index in [2.05, 4.69) is 132 Å². The van der Waals surface area contributed by atoms with E-state index in [1.165, 1.54) is 0 Å². The number of fused-ring (bicyclic) bond motifs is 5. The highest BCUT2D eigenvalue weighted by Gasteiger charge is 2.16. The van der Waals surface area contributed by atoms with Gasteiger partial charge in [0, 0.05) is 56.4 Å². The van der Waals surface area contributed by atoms with Crippen LogP contribution in [0.2, 0.25) is 0 Å². The van der Waals surface area contributed by atoms with Gasteiger partial charge in [0.2, 0.25) is 0 Å². The highest BCUT2D eigenvalue weighted by Crippen LogP contribution is 2.37. The van der Waals surface area contributed by atoms with Gasteiger partial charge in [-0.25, -0.2) is 19.9 Å². The molecule has 0 amide bonds. The van der Waals surface area contributed by atoms with Crippen LogP contribution in [0.4, 0.5) is 0 Å². The Labute approximate surface area is 306 Å². The Morgan fingerprint density at radius 2 is 0.868 bits per heavy atom. The van der Waals surface area contributed by atoms with Crippen molar-refractivity contribution >= 4 is 27.3 Å². The molecule has 0 aliphatic carbocycles. The molecule has 5 nitrogen and oxygen atoms in total. The van der Waals surface area contributed by atoms with E-state index in [1.54, 1.807) is 0 Å². The van der Waals surface area contributed by atoms with Crippen molar-refractivity contribution in [2.45, 2.75) is 0 Å². The first-order valence-corrected chi connectivity index (χ1v) is 17.7. The van der Waals surface area contributed by atoms with E-state index in [0.717, 1.165) is 89.0 Å². The number of hydrogen-bond donors (Lipinski definition) is 0. The fourth-order valence-corrected chi connectivity index (χ4v) is 7.17. The van der Waals surface area contributed by atoms with Crippen molar-refractivity contribution in [2.24, 2.45) is 0 Å². The fourth-order valence-electron chi connectivity index (χ4n) is 7.17. The zero-order valence-corrected chi connectivity index (χ0v) is 28.6. The average Bonchev–Trinajstić information content (AvgIpc) is 3.69. The molecule has 4 aromatic heterocycles. The van der Waals surface area contributed by atoms with Crippen LogP contribution in [0.1, 0.15) is 0 Å². The maximum absolute atomic E-state index is 5.20. The lowest BCUT2D eigenvalue weighted by atomic mass is 9.98. The quantitative estimate of drug-likeness (QED) is 0.164. The lowest BCUT2D eigenvalue weighted by Crippen LogP contribution is -1.95. The molecule has 10 aromatic rings. The van der Waals surface area contributed by atoms with Gasteiger partial charge in [0.25, 0.3) is 0 Å². The molecule has 6 aromatic carbocycles. The minimum absolute atomic E-state index is 0.710. The van der Waals surface area contributed by atoms with Gasteiger partial charge in [0.05, 0.1) is 28.3 Å². The third kappa shape index (κ3) is 5.61. The third-order valence-electron chi connectivity index (χ3n) is 9.86. The number of nitrogens with zero attached hydrogens (tertiary/aromatic N) is 5. The Bertz CT molecular complexity index is 2840. The summed E-state index contributed by atoms with van der Waals surface area (Å²) in [5.74, 6) is 0.710. The molecular formula is C48H31N5. The Kier molecular flexibility index (Phi) is 7.40. The summed E-state index contributed by atoms with van der Waals surface area (Å²) in [7, 11) is 0. The zero-order valence-electron chi connectivity index (χ0n) is 28.6. The van der Waals surface area contributed by atoms with E-state index >= 15 is 0 Å². The molecule has 0 unspecified atom stereocenters. The van der Waals surface area contributed by atoms with E-state index in [9.17, 15) is 0 Å². The maximum Gasteiger partial charge on any atom is 0.160 e. The molecule has 0 fully saturated rings. The predicted molar refractivity (Wildman–Crippen MR) is 216 cm³/mol. The highest BCUT2D eigenvalue weighted by atomic mass is 15.0. The largest absolute Gasteiger partial charge is 0.306 e. The van der Waals surface area contributed by atoms with Crippen LogP contribution in [-0.2, 0) is 0 Å². The molecule has 248 valence electrons. The number of hydrogen-bond acceptors (Lipinski definition) is 4. The maximum atomic E-state index is 5.20. The van der Waals surface area contributed by atoms with Crippen LogP contribution >= 0.6 is 0 Å². The van der Waals surface area contributed by atoms with Crippen molar-refractivity contribution in [1.29, 1.82) is 0 Å². The van der Waals surface area contributed by atoms with Crippen LogP contribution in [0.3, 0.4) is 0 Å². The average molecular weight is 678 g/mol. The summed E-state index contributed by atoms with van der Waals surface area (Å²) >= 11 is 0. The van der Waals surface area contributed by atoms with Gasteiger partial charge < -0.3 is 4.40 Å². The van der Waals surface area contributed by atoms with Gasteiger partial charge in [0.15, 0.2) is 5.82 Å². The van der Waals surface area contributed by atoms with Crippen molar-refractivity contribution in [3.63, 3.8) is 0 Å². The van der Waals surface area contributed by atoms with E-state index in [-0.39, 0.29) is 0 Å². The standard InChI is InChI=1S/C48H31N5/c1-4-12-34(13-5-1)42-30-43(51-47(50-42)38-16-8-3-9-17-38)36-24-20-32(21-25-36)33-22-26-37(27-23-33)46-40-28-29-53-31-44(35-14-6-2-7-15-35)52-48(53)45(40)39-18-10-11-19-41(39)49-46/h1-31H. The van der Waals surface area contributed by atoms with E-state index in [4.69, 9.17) is 19.9 Å². The van der Waals surface area contributed by atoms with Gasteiger partial charge in [-0.3, -0.25) is 0 Å². The second-order valence-corrected chi connectivity index (χ2v) is 13.2. The van der Waals surface area contributed by atoms with Gasteiger partial charge in [-0.2, -0.15) is 0 Å². The lowest BCUT2D eigenvalue weighted by Gasteiger charge is -2.12. The molecule has 0 radical (unpaired) electrons. The van der Waals surface area contributed by atoms with Crippen LogP contribution in [0.15, 0.2) is 188 Å². The van der Waals surface area contributed by atoms with E-state index < -0.39 is 0 Å². The summed E-state index contributed by atoms with van der Waals surface area (Å²) in [6.45, 7) is 0. The van der Waals surface area contributed by atoms with Gasteiger partial charge in [-0.1, -0.05) is 158 Å². The molecule has 0 atom stereocenters. The third-order valence-corrected chi connectivity index (χ3v) is 9.86. The zero-order chi connectivity index (χ0) is 35.1. The summed E-state index contributed by atoms with van der Waals surface area (Å²) in [4.78, 5) is 20.3. The van der Waals surface area contributed by atoms with Crippen molar-refractivity contribution in [2.75, 3.05) is 0 Å². The molecule has 0 saturated carbocycles. The smallest absolute Gasteiger partial charge is 0.160 e. The number of pyridine rings is 2. The molecule has 0 bridgehead atoms. The highest BCUT2D eigenvalue weighted by molar-refractivity contribution is 6.16. The first-order valence-electron chi connectivity index (χ1n) is 17.7. The summed E-state index contributed by atoms with van der Waals surface area (Å²) in [6, 6.07) is 60.7. The van der Waals surface area contributed by atoms with Crippen LogP contribution in [0.25, 0.3) is 94.9 Å². The fraction of sp³-hybridized carbons (Fsp3) is 0. The number of benzene rings is 6. The SMILES string of the molecule is c1ccc(-c2cc(-c3ccc(-c4ccc(-c5nc6ccccc6c6c5ccn5cc(-c7ccccc7)nc65)cc4)cc3)nc(-c3ccccc3)n2)cc1. The molecular weight excluding hydrogens is 647 g/mol. The van der Waals surface area contributed by atoms with Crippen molar-refractivity contribution in [1.82, 2.24) is 24.3 Å². The summed E-state index contributed by atoms with van der Waals surface area (Å²) in [6.07, 6.45) is 4.20. The molecule has 4 heterocycles. The Morgan fingerprint density at radius 3 is 1.51 bits per heavy atom. The second-order valence-electron chi connectivity index (χ2n) is 13.2. The molecule has 0 aliphatic heterocycles. The topological polar surface area (TPSA) is 56.0 Å². The van der Waals surface area contributed by atoms with Crippen molar-refractivity contribution in [3.8, 4) is 67.5 Å². The van der Waals surface area contributed by atoms with Crippen LogP contribution < -0.4 is 0 Å². The number of imidazole rings is 1. The first kappa shape index (κ1) is 30.6. The van der Waals surface area contributed by atoms with Crippen LogP contribution in [-0.4, -0.2) is 24.3 Å². The van der Waals surface area contributed by atoms with E-state index in [1.807, 2.05) is 60.7 Å². The Balaban J connectivity index is 1.01. The number of aromatic nitrogens is 5. The van der Waals surface area contributed by atoms with Crippen molar-refractivity contribution < 1.29 is 0 Å². The molecule has 0 saturated heterocycles. The van der Waals surface area contributed by atoms with Crippen LogP contribution in [0, 0.1) is 0 Å². The predicted octanol–water partition coefficient (Wildman–Crippen LogP) is 11.8. The van der Waals surface area contributed by atoms with Crippen LogP contribution in [0.5, 0.6) is 0 Å². The molecule has 0 N–H and O–H groups in total. The minimum Gasteiger partial charge on any atom is -0.306 e. The molecule has 53 heavy (non-hydrogen) atoms.